The molecular weight excluding hydrogens is 174 g/mol. The number of benzene rings is 1. The molecule has 3 heteroatoms. The average molecular weight is 189 g/mol. The lowest BCUT2D eigenvalue weighted by Crippen LogP contribution is -2.04. The number of hydrogen-bond donors (Lipinski definition) is 1. The smallest absolute Gasteiger partial charge is 0.123 e. The Hall–Kier alpha value is -1.35. The van der Waals surface area contributed by atoms with Crippen molar-refractivity contribution in [1.29, 1.82) is 0 Å². The molecule has 0 saturated carbocycles. The molecule has 2 N–H and O–H groups in total. The van der Waals surface area contributed by atoms with Crippen molar-refractivity contribution < 1.29 is 0 Å². The standard InChI is InChI=1S/C11H15N3/c1-7-4-5-9-11(8(7)2)14(3)10(6-12)13-9/h4-5H,6,12H2,1-3H3. The molecular formula is C11H15N3. The highest BCUT2D eigenvalue weighted by Crippen LogP contribution is 2.21. The molecule has 1 heterocycles. The van der Waals surface area contributed by atoms with Gasteiger partial charge in [-0.2, -0.15) is 0 Å². The zero-order valence-corrected chi connectivity index (χ0v) is 8.83. The third kappa shape index (κ3) is 1.13. The zero-order valence-electron chi connectivity index (χ0n) is 8.83. The van der Waals surface area contributed by atoms with Gasteiger partial charge in [-0.05, 0) is 31.0 Å². The van der Waals surface area contributed by atoms with E-state index in [0.717, 1.165) is 11.3 Å². The van der Waals surface area contributed by atoms with Gasteiger partial charge in [0.15, 0.2) is 0 Å². The summed E-state index contributed by atoms with van der Waals surface area (Å²) in [6.07, 6.45) is 0. The van der Waals surface area contributed by atoms with E-state index in [2.05, 4.69) is 35.5 Å². The minimum atomic E-state index is 0.490. The van der Waals surface area contributed by atoms with Crippen molar-refractivity contribution in [2.45, 2.75) is 20.4 Å². The van der Waals surface area contributed by atoms with E-state index < -0.39 is 0 Å². The Labute approximate surface area is 83.6 Å². The Bertz CT molecular complexity index is 483. The lowest BCUT2D eigenvalue weighted by molar-refractivity contribution is 0.811. The van der Waals surface area contributed by atoms with Crippen LogP contribution in [0.2, 0.25) is 0 Å². The first-order valence-corrected chi connectivity index (χ1v) is 4.76. The van der Waals surface area contributed by atoms with Crippen LogP contribution in [0.5, 0.6) is 0 Å². The highest BCUT2D eigenvalue weighted by molar-refractivity contribution is 5.80. The molecule has 0 bridgehead atoms. The van der Waals surface area contributed by atoms with E-state index in [0.29, 0.717) is 6.54 Å². The maximum absolute atomic E-state index is 5.62. The topological polar surface area (TPSA) is 43.8 Å². The lowest BCUT2D eigenvalue weighted by atomic mass is 10.1. The fourth-order valence-corrected chi connectivity index (χ4v) is 1.83. The third-order valence-electron chi connectivity index (χ3n) is 2.84. The summed E-state index contributed by atoms with van der Waals surface area (Å²) < 4.78 is 2.08. The second-order valence-corrected chi connectivity index (χ2v) is 3.67. The molecule has 0 radical (unpaired) electrons. The fourth-order valence-electron chi connectivity index (χ4n) is 1.83. The van der Waals surface area contributed by atoms with Gasteiger partial charge in [-0.15, -0.1) is 0 Å². The van der Waals surface area contributed by atoms with E-state index in [1.165, 1.54) is 16.6 Å². The van der Waals surface area contributed by atoms with Crippen molar-refractivity contribution in [3.63, 3.8) is 0 Å². The number of nitrogens with zero attached hydrogens (tertiary/aromatic N) is 2. The molecule has 0 atom stereocenters. The molecule has 0 saturated heterocycles. The van der Waals surface area contributed by atoms with Crippen molar-refractivity contribution in [1.82, 2.24) is 9.55 Å². The minimum Gasteiger partial charge on any atom is -0.330 e. The molecule has 0 aliphatic rings. The van der Waals surface area contributed by atoms with E-state index in [1.807, 2.05) is 7.05 Å². The second-order valence-electron chi connectivity index (χ2n) is 3.67. The molecule has 0 aliphatic heterocycles. The summed E-state index contributed by atoms with van der Waals surface area (Å²) in [7, 11) is 2.02. The zero-order chi connectivity index (χ0) is 10.3. The molecule has 1 aromatic heterocycles. The van der Waals surface area contributed by atoms with Gasteiger partial charge in [0.2, 0.25) is 0 Å². The van der Waals surface area contributed by atoms with Crippen LogP contribution in [-0.2, 0) is 13.6 Å². The Morgan fingerprint density at radius 2 is 2.07 bits per heavy atom. The number of aryl methyl sites for hydroxylation is 3. The van der Waals surface area contributed by atoms with E-state index in [1.54, 1.807) is 0 Å². The van der Waals surface area contributed by atoms with Crippen LogP contribution < -0.4 is 5.73 Å². The third-order valence-corrected chi connectivity index (χ3v) is 2.84. The first-order chi connectivity index (χ1) is 6.65. The summed E-state index contributed by atoms with van der Waals surface area (Å²) in [6.45, 7) is 4.73. The summed E-state index contributed by atoms with van der Waals surface area (Å²) in [5, 5.41) is 0. The van der Waals surface area contributed by atoms with Crippen molar-refractivity contribution in [2.24, 2.45) is 12.8 Å². The molecule has 1 aromatic carbocycles. The summed E-state index contributed by atoms with van der Waals surface area (Å²) in [5.41, 5.74) is 10.4. The second kappa shape index (κ2) is 3.10. The normalized spacial score (nSPS) is 11.1. The summed E-state index contributed by atoms with van der Waals surface area (Å²) in [6, 6.07) is 4.15. The van der Waals surface area contributed by atoms with E-state index in [-0.39, 0.29) is 0 Å². The minimum absolute atomic E-state index is 0.490. The van der Waals surface area contributed by atoms with Crippen molar-refractivity contribution >= 4 is 11.0 Å². The first kappa shape index (κ1) is 9.21. The highest BCUT2D eigenvalue weighted by Gasteiger charge is 2.09. The Morgan fingerprint density at radius 1 is 1.36 bits per heavy atom. The lowest BCUT2D eigenvalue weighted by Gasteiger charge is -2.04. The molecule has 2 aromatic rings. The number of hydrogen-bond acceptors (Lipinski definition) is 2. The Morgan fingerprint density at radius 3 is 2.71 bits per heavy atom. The SMILES string of the molecule is Cc1ccc2nc(CN)n(C)c2c1C. The Kier molecular flexibility index (Phi) is 2.04. The van der Waals surface area contributed by atoms with Gasteiger partial charge in [-0.25, -0.2) is 4.98 Å². The van der Waals surface area contributed by atoms with Crippen LogP contribution in [0.4, 0.5) is 0 Å². The van der Waals surface area contributed by atoms with Crippen LogP contribution in [-0.4, -0.2) is 9.55 Å². The van der Waals surface area contributed by atoms with Gasteiger partial charge in [0.1, 0.15) is 5.82 Å². The maximum Gasteiger partial charge on any atom is 0.123 e. The molecule has 2 rings (SSSR count). The van der Waals surface area contributed by atoms with Crippen molar-refractivity contribution in [3.05, 3.63) is 29.1 Å². The molecule has 74 valence electrons. The number of aromatic nitrogens is 2. The fraction of sp³-hybridized carbons (Fsp3) is 0.364. The molecule has 14 heavy (non-hydrogen) atoms. The first-order valence-electron chi connectivity index (χ1n) is 4.76. The number of fused-ring (bicyclic) bond motifs is 1. The van der Waals surface area contributed by atoms with Crippen molar-refractivity contribution in [3.8, 4) is 0 Å². The maximum atomic E-state index is 5.62. The summed E-state index contributed by atoms with van der Waals surface area (Å²) in [4.78, 5) is 4.47. The Balaban J connectivity index is 2.87. The van der Waals surface area contributed by atoms with Gasteiger partial charge >= 0.3 is 0 Å². The van der Waals surface area contributed by atoms with Gasteiger partial charge in [-0.1, -0.05) is 6.07 Å². The van der Waals surface area contributed by atoms with E-state index >= 15 is 0 Å². The molecule has 0 amide bonds. The predicted molar refractivity (Wildman–Crippen MR) is 58.1 cm³/mol. The number of imidazole rings is 1. The molecule has 0 spiro atoms. The summed E-state index contributed by atoms with van der Waals surface area (Å²) in [5.74, 6) is 0.939. The monoisotopic (exact) mass is 189 g/mol. The molecule has 0 fully saturated rings. The molecule has 0 aliphatic carbocycles. The number of rotatable bonds is 1. The van der Waals surface area contributed by atoms with Gasteiger partial charge in [0.25, 0.3) is 0 Å². The van der Waals surface area contributed by atoms with Crippen LogP contribution in [0.1, 0.15) is 17.0 Å². The van der Waals surface area contributed by atoms with Crippen LogP contribution in [0.3, 0.4) is 0 Å². The summed E-state index contributed by atoms with van der Waals surface area (Å²) >= 11 is 0. The molecule has 0 unspecified atom stereocenters. The van der Waals surface area contributed by atoms with Crippen LogP contribution in [0.25, 0.3) is 11.0 Å². The quantitative estimate of drug-likeness (QED) is 0.741. The van der Waals surface area contributed by atoms with Gasteiger partial charge in [-0.3, -0.25) is 0 Å². The van der Waals surface area contributed by atoms with E-state index in [4.69, 9.17) is 5.73 Å². The van der Waals surface area contributed by atoms with Crippen molar-refractivity contribution in [2.75, 3.05) is 0 Å². The predicted octanol–water partition coefficient (Wildman–Crippen LogP) is 1.65. The largest absolute Gasteiger partial charge is 0.330 e. The van der Waals surface area contributed by atoms with Crippen LogP contribution in [0, 0.1) is 13.8 Å². The van der Waals surface area contributed by atoms with Crippen LogP contribution >= 0.6 is 0 Å². The van der Waals surface area contributed by atoms with Gasteiger partial charge in [0, 0.05) is 7.05 Å². The van der Waals surface area contributed by atoms with Crippen LogP contribution in [0.15, 0.2) is 12.1 Å². The average Bonchev–Trinajstić information content (AvgIpc) is 2.50. The highest BCUT2D eigenvalue weighted by atomic mass is 15.1. The van der Waals surface area contributed by atoms with Gasteiger partial charge in [0.05, 0.1) is 17.6 Å². The van der Waals surface area contributed by atoms with Gasteiger partial charge < -0.3 is 10.3 Å². The van der Waals surface area contributed by atoms with E-state index in [9.17, 15) is 0 Å². The number of nitrogens with two attached hydrogens (primary N) is 1. The molecule has 3 nitrogen and oxygen atoms in total.